The van der Waals surface area contributed by atoms with Crippen molar-refractivity contribution in [3.63, 3.8) is 0 Å². The van der Waals surface area contributed by atoms with Gasteiger partial charge in [0.05, 0.1) is 28.4 Å². The van der Waals surface area contributed by atoms with E-state index in [-0.39, 0.29) is 0 Å². The first-order valence-electron chi connectivity index (χ1n) is 8.32. The van der Waals surface area contributed by atoms with E-state index in [9.17, 15) is 0 Å². The normalized spacial score (nSPS) is 10.7. The molecule has 0 N–H and O–H groups in total. The molecule has 0 aliphatic carbocycles. The number of rotatable bonds is 6. The lowest BCUT2D eigenvalue weighted by Gasteiger charge is -2.15. The molecule has 26 heavy (non-hydrogen) atoms. The van der Waals surface area contributed by atoms with Crippen molar-refractivity contribution in [2.24, 2.45) is 0 Å². The van der Waals surface area contributed by atoms with Crippen molar-refractivity contribution in [2.45, 2.75) is 13.3 Å². The van der Waals surface area contributed by atoms with Crippen LogP contribution in [-0.2, 0) is 6.42 Å². The van der Waals surface area contributed by atoms with E-state index in [2.05, 4.69) is 11.1 Å². The fourth-order valence-electron chi connectivity index (χ4n) is 3.25. The number of nitrogens with zero attached hydrogens (tertiary/aromatic N) is 1. The third-order valence-corrected chi connectivity index (χ3v) is 4.58. The summed E-state index contributed by atoms with van der Waals surface area (Å²) in [4.78, 5) is 4.42. The Morgan fingerprint density at radius 3 is 2.00 bits per heavy atom. The summed E-state index contributed by atoms with van der Waals surface area (Å²) in [6.07, 6.45) is 4.48. The lowest BCUT2D eigenvalue weighted by atomic mass is 9.98. The average Bonchev–Trinajstić information content (AvgIpc) is 2.68. The van der Waals surface area contributed by atoms with Gasteiger partial charge in [-0.05, 0) is 48.1 Å². The van der Waals surface area contributed by atoms with Gasteiger partial charge in [-0.25, -0.2) is 0 Å². The Hall–Kier alpha value is -2.95. The molecule has 0 spiro atoms. The number of hydrogen-bond donors (Lipinski definition) is 0. The summed E-state index contributed by atoms with van der Waals surface area (Å²) in [6, 6.07) is 8.01. The molecule has 0 aliphatic rings. The van der Waals surface area contributed by atoms with Gasteiger partial charge >= 0.3 is 0 Å². The molecule has 1 heterocycles. The zero-order valence-corrected chi connectivity index (χ0v) is 15.8. The van der Waals surface area contributed by atoms with Crippen LogP contribution in [0.4, 0.5) is 0 Å². The van der Waals surface area contributed by atoms with E-state index in [1.165, 1.54) is 0 Å². The lowest BCUT2D eigenvalue weighted by molar-refractivity contribution is 0.324. The smallest absolute Gasteiger partial charge is 0.203 e. The first kappa shape index (κ1) is 17.9. The quantitative estimate of drug-likeness (QED) is 0.666. The molecule has 2 aromatic carbocycles. The highest BCUT2D eigenvalue weighted by atomic mass is 16.5. The number of methoxy groups -OCH3 is 4. The number of hydrogen-bond acceptors (Lipinski definition) is 5. The van der Waals surface area contributed by atoms with E-state index in [1.807, 2.05) is 37.5 Å². The molecule has 5 nitrogen and oxygen atoms in total. The minimum Gasteiger partial charge on any atom is -0.496 e. The average molecular weight is 353 g/mol. The van der Waals surface area contributed by atoms with Crippen molar-refractivity contribution in [3.05, 3.63) is 53.3 Å². The van der Waals surface area contributed by atoms with Crippen molar-refractivity contribution in [2.75, 3.05) is 28.4 Å². The van der Waals surface area contributed by atoms with Gasteiger partial charge in [-0.1, -0.05) is 6.07 Å². The molecule has 0 saturated heterocycles. The van der Waals surface area contributed by atoms with Crippen LogP contribution in [0, 0.1) is 6.92 Å². The van der Waals surface area contributed by atoms with Crippen molar-refractivity contribution < 1.29 is 18.9 Å². The molecule has 136 valence electrons. The highest BCUT2D eigenvalue weighted by Gasteiger charge is 2.15. The van der Waals surface area contributed by atoms with Gasteiger partial charge in [-0.2, -0.15) is 0 Å². The van der Waals surface area contributed by atoms with E-state index < -0.39 is 0 Å². The van der Waals surface area contributed by atoms with Gasteiger partial charge in [0, 0.05) is 23.3 Å². The van der Waals surface area contributed by atoms with Crippen LogP contribution >= 0.6 is 0 Å². The molecule has 0 amide bonds. The van der Waals surface area contributed by atoms with Crippen LogP contribution in [0.25, 0.3) is 10.8 Å². The van der Waals surface area contributed by atoms with E-state index >= 15 is 0 Å². The maximum atomic E-state index is 5.46. The molecule has 3 aromatic rings. The minimum atomic E-state index is 0.593. The molecule has 3 rings (SSSR count). The van der Waals surface area contributed by atoms with Crippen LogP contribution in [0.15, 0.2) is 36.7 Å². The van der Waals surface area contributed by atoms with E-state index in [4.69, 9.17) is 18.9 Å². The zero-order chi connectivity index (χ0) is 18.7. The monoisotopic (exact) mass is 353 g/mol. The summed E-state index contributed by atoms with van der Waals surface area (Å²) in [7, 11) is 6.53. The predicted molar refractivity (Wildman–Crippen MR) is 102 cm³/mol. The Kier molecular flexibility index (Phi) is 5.16. The largest absolute Gasteiger partial charge is 0.496 e. The van der Waals surface area contributed by atoms with Gasteiger partial charge in [0.25, 0.3) is 0 Å². The second kappa shape index (κ2) is 7.52. The molecule has 0 radical (unpaired) electrons. The molecule has 0 bridgehead atoms. The molecule has 5 heteroatoms. The number of aryl methyl sites for hydroxylation is 1. The Morgan fingerprint density at radius 2 is 1.42 bits per heavy atom. The van der Waals surface area contributed by atoms with E-state index in [1.54, 1.807) is 28.4 Å². The molecule has 0 fully saturated rings. The first-order valence-corrected chi connectivity index (χ1v) is 8.32. The van der Waals surface area contributed by atoms with E-state index in [0.717, 1.165) is 33.2 Å². The summed E-state index contributed by atoms with van der Waals surface area (Å²) < 4.78 is 21.7. The number of ether oxygens (including phenoxy) is 4. The Bertz CT molecular complexity index is 912. The van der Waals surface area contributed by atoms with Gasteiger partial charge in [0.1, 0.15) is 5.75 Å². The van der Waals surface area contributed by atoms with Crippen molar-refractivity contribution in [3.8, 4) is 23.0 Å². The van der Waals surface area contributed by atoms with Gasteiger partial charge in [0.15, 0.2) is 11.5 Å². The summed E-state index contributed by atoms with van der Waals surface area (Å²) in [5, 5.41) is 2.25. The number of aromatic nitrogens is 1. The van der Waals surface area contributed by atoms with Gasteiger partial charge in [-0.15, -0.1) is 0 Å². The molecular formula is C21H23NO4. The second-order valence-corrected chi connectivity index (χ2v) is 6.00. The Balaban J connectivity index is 2.08. The van der Waals surface area contributed by atoms with Crippen LogP contribution < -0.4 is 18.9 Å². The summed E-state index contributed by atoms with van der Waals surface area (Å²) >= 11 is 0. The standard InChI is InChI=1S/C21H23NO4/c1-13-17-12-22-11-15(16(17)6-7-18(13)23-2)8-14-9-19(24-3)21(26-5)20(10-14)25-4/h6-7,9-12H,8H2,1-5H3. The van der Waals surface area contributed by atoms with Crippen LogP contribution in [0.1, 0.15) is 16.7 Å². The van der Waals surface area contributed by atoms with Crippen molar-refractivity contribution in [1.82, 2.24) is 4.98 Å². The van der Waals surface area contributed by atoms with Crippen molar-refractivity contribution >= 4 is 10.8 Å². The third kappa shape index (κ3) is 3.12. The van der Waals surface area contributed by atoms with E-state index in [0.29, 0.717) is 23.7 Å². The maximum absolute atomic E-state index is 5.46. The Morgan fingerprint density at radius 1 is 0.769 bits per heavy atom. The highest BCUT2D eigenvalue weighted by molar-refractivity contribution is 5.89. The van der Waals surface area contributed by atoms with Gasteiger partial charge < -0.3 is 18.9 Å². The second-order valence-electron chi connectivity index (χ2n) is 6.00. The van der Waals surface area contributed by atoms with Crippen LogP contribution in [-0.4, -0.2) is 33.4 Å². The minimum absolute atomic E-state index is 0.593. The maximum Gasteiger partial charge on any atom is 0.203 e. The predicted octanol–water partition coefficient (Wildman–Crippen LogP) is 4.17. The van der Waals surface area contributed by atoms with Gasteiger partial charge in [0.2, 0.25) is 5.75 Å². The molecule has 0 atom stereocenters. The molecule has 1 aromatic heterocycles. The summed E-state index contributed by atoms with van der Waals surface area (Å²) in [5.74, 6) is 2.75. The lowest BCUT2D eigenvalue weighted by Crippen LogP contribution is -1.99. The number of pyridine rings is 1. The molecule has 0 unspecified atom stereocenters. The SMILES string of the molecule is COc1cc(Cc2cncc3c(C)c(OC)ccc23)cc(OC)c1OC. The summed E-state index contributed by atoms with van der Waals surface area (Å²) in [5.41, 5.74) is 3.27. The first-order chi connectivity index (χ1) is 12.6. The van der Waals surface area contributed by atoms with Gasteiger partial charge in [-0.3, -0.25) is 4.98 Å². The molecule has 0 saturated carbocycles. The fourth-order valence-corrected chi connectivity index (χ4v) is 3.25. The molecular weight excluding hydrogens is 330 g/mol. The number of benzene rings is 2. The third-order valence-electron chi connectivity index (χ3n) is 4.58. The van der Waals surface area contributed by atoms with Crippen LogP contribution in [0.3, 0.4) is 0 Å². The zero-order valence-electron chi connectivity index (χ0n) is 15.8. The number of fused-ring (bicyclic) bond motifs is 1. The van der Waals surface area contributed by atoms with Crippen molar-refractivity contribution in [1.29, 1.82) is 0 Å². The fraction of sp³-hybridized carbons (Fsp3) is 0.286. The Labute approximate surface area is 153 Å². The van der Waals surface area contributed by atoms with Crippen LogP contribution in [0.2, 0.25) is 0 Å². The summed E-state index contributed by atoms with van der Waals surface area (Å²) in [6.45, 7) is 2.05. The topological polar surface area (TPSA) is 49.8 Å². The molecule has 0 aliphatic heterocycles. The van der Waals surface area contributed by atoms with Crippen LogP contribution in [0.5, 0.6) is 23.0 Å². The highest BCUT2D eigenvalue weighted by Crippen LogP contribution is 2.39.